The summed E-state index contributed by atoms with van der Waals surface area (Å²) in [6.45, 7) is 4.41. The van der Waals surface area contributed by atoms with Crippen molar-refractivity contribution < 1.29 is 13.9 Å². The lowest BCUT2D eigenvalue weighted by Gasteiger charge is -2.34. The number of carbonyl (C=O) groups excluding carboxylic acids is 1. The number of nitrogens with one attached hydrogen (secondary N) is 2. The summed E-state index contributed by atoms with van der Waals surface area (Å²) in [5.74, 6) is 0.241. The van der Waals surface area contributed by atoms with Gasteiger partial charge in [-0.15, -0.1) is 0 Å². The van der Waals surface area contributed by atoms with Gasteiger partial charge >= 0.3 is 0 Å². The van der Waals surface area contributed by atoms with Gasteiger partial charge in [0.15, 0.2) is 17.4 Å². The van der Waals surface area contributed by atoms with Crippen LogP contribution in [0, 0.1) is 5.82 Å². The number of ether oxygens (including phenoxy) is 1. The predicted octanol–water partition coefficient (Wildman–Crippen LogP) is 1.72. The Morgan fingerprint density at radius 2 is 2.06 bits per heavy atom. The molecule has 4 N–H and O–H groups in total. The largest absolute Gasteiger partial charge is 0.494 e. The first-order chi connectivity index (χ1) is 15.5. The second kappa shape index (κ2) is 9.10. The lowest BCUT2D eigenvalue weighted by molar-refractivity contribution is 0.100. The number of para-hydroxylation sites is 1. The maximum atomic E-state index is 13.3. The molecule has 1 unspecified atom stereocenters. The highest BCUT2D eigenvalue weighted by Gasteiger charge is 2.23. The Bertz CT molecular complexity index is 1130. The Morgan fingerprint density at radius 1 is 1.28 bits per heavy atom. The summed E-state index contributed by atoms with van der Waals surface area (Å²) < 4.78 is 18.8. The Kier molecular flexibility index (Phi) is 6.08. The SMILES string of the molecule is COc1c(Nc2nc(N3CCNCC3C)ncc2C(N)=O)cccc1-c1ncc(F)cn1. The molecule has 32 heavy (non-hydrogen) atoms. The monoisotopic (exact) mass is 438 g/mol. The Hall–Kier alpha value is -3.86. The third-order valence-electron chi connectivity index (χ3n) is 5.13. The van der Waals surface area contributed by atoms with E-state index in [1.807, 2.05) is 0 Å². The molecule has 1 aliphatic rings. The zero-order chi connectivity index (χ0) is 22.7. The third kappa shape index (κ3) is 4.28. The van der Waals surface area contributed by atoms with Gasteiger partial charge in [0.2, 0.25) is 5.95 Å². The van der Waals surface area contributed by atoms with Gasteiger partial charge in [0.25, 0.3) is 5.91 Å². The Balaban J connectivity index is 1.74. The van der Waals surface area contributed by atoms with Crippen LogP contribution in [-0.2, 0) is 0 Å². The second-order valence-corrected chi connectivity index (χ2v) is 7.28. The third-order valence-corrected chi connectivity index (χ3v) is 5.13. The number of benzene rings is 1. The zero-order valence-electron chi connectivity index (χ0n) is 17.7. The first-order valence-corrected chi connectivity index (χ1v) is 10.0. The van der Waals surface area contributed by atoms with Gasteiger partial charge in [0.1, 0.15) is 11.4 Å². The van der Waals surface area contributed by atoms with Crippen LogP contribution in [0.4, 0.5) is 21.8 Å². The highest BCUT2D eigenvalue weighted by molar-refractivity contribution is 5.98. The van der Waals surface area contributed by atoms with Crippen LogP contribution in [0.5, 0.6) is 5.75 Å². The molecule has 1 saturated heterocycles. The fourth-order valence-electron chi connectivity index (χ4n) is 3.54. The molecule has 2 aromatic heterocycles. The maximum Gasteiger partial charge on any atom is 0.254 e. The van der Waals surface area contributed by atoms with E-state index >= 15 is 0 Å². The van der Waals surface area contributed by atoms with Crippen LogP contribution < -0.4 is 26.0 Å². The lowest BCUT2D eigenvalue weighted by Crippen LogP contribution is -2.50. The van der Waals surface area contributed by atoms with Gasteiger partial charge in [-0.3, -0.25) is 4.79 Å². The highest BCUT2D eigenvalue weighted by Crippen LogP contribution is 2.36. The van der Waals surface area contributed by atoms with Crippen LogP contribution in [0.3, 0.4) is 0 Å². The van der Waals surface area contributed by atoms with Crippen molar-refractivity contribution in [3.8, 4) is 17.1 Å². The smallest absolute Gasteiger partial charge is 0.254 e. The summed E-state index contributed by atoms with van der Waals surface area (Å²) in [5.41, 5.74) is 6.76. The van der Waals surface area contributed by atoms with Crippen molar-refractivity contribution >= 4 is 23.4 Å². The van der Waals surface area contributed by atoms with Crippen molar-refractivity contribution in [1.29, 1.82) is 0 Å². The molecule has 1 aromatic carbocycles. The molecule has 0 saturated carbocycles. The highest BCUT2D eigenvalue weighted by atomic mass is 19.1. The average Bonchev–Trinajstić information content (AvgIpc) is 2.79. The van der Waals surface area contributed by atoms with E-state index in [1.165, 1.54) is 13.3 Å². The van der Waals surface area contributed by atoms with Crippen LogP contribution in [-0.4, -0.2) is 58.6 Å². The molecule has 0 aliphatic carbocycles. The first kappa shape index (κ1) is 21.4. The van der Waals surface area contributed by atoms with Crippen molar-refractivity contribution in [3.63, 3.8) is 0 Å². The minimum Gasteiger partial charge on any atom is -0.494 e. The van der Waals surface area contributed by atoms with E-state index in [2.05, 4.69) is 42.4 Å². The predicted molar refractivity (Wildman–Crippen MR) is 117 cm³/mol. The van der Waals surface area contributed by atoms with E-state index in [0.717, 1.165) is 32.0 Å². The molecule has 166 valence electrons. The summed E-state index contributed by atoms with van der Waals surface area (Å²) in [5, 5.41) is 6.46. The number of carbonyl (C=O) groups is 1. The topological polar surface area (TPSA) is 131 Å². The number of halogens is 1. The molecule has 11 heteroatoms. The molecule has 1 atom stereocenters. The molecular weight excluding hydrogens is 415 g/mol. The number of amides is 1. The van der Waals surface area contributed by atoms with E-state index in [0.29, 0.717) is 28.8 Å². The number of primary amides is 1. The lowest BCUT2D eigenvalue weighted by atomic mass is 10.1. The van der Waals surface area contributed by atoms with E-state index < -0.39 is 11.7 Å². The number of nitrogens with two attached hydrogens (primary N) is 1. The molecule has 3 heterocycles. The summed E-state index contributed by atoms with van der Waals surface area (Å²) in [7, 11) is 1.50. The number of nitrogens with zero attached hydrogens (tertiary/aromatic N) is 5. The van der Waals surface area contributed by atoms with Gasteiger partial charge in [-0.05, 0) is 19.1 Å². The van der Waals surface area contributed by atoms with Crippen LogP contribution in [0.1, 0.15) is 17.3 Å². The average molecular weight is 438 g/mol. The van der Waals surface area contributed by atoms with Crippen molar-refractivity contribution in [2.24, 2.45) is 5.73 Å². The standard InChI is InChI=1S/C21H23FN8O2/c1-12-8-24-6-7-30(12)21-27-11-15(18(23)31)20(29-21)28-16-5-3-4-14(17(16)32-2)19-25-9-13(22)10-26-19/h3-5,9-12,24H,6-8H2,1-2H3,(H2,23,31)(H,27,28,29). The Labute approximate surface area is 184 Å². The van der Waals surface area contributed by atoms with Crippen molar-refractivity contribution in [1.82, 2.24) is 25.3 Å². The van der Waals surface area contributed by atoms with Crippen molar-refractivity contribution in [2.75, 3.05) is 37.0 Å². The van der Waals surface area contributed by atoms with Gasteiger partial charge in [-0.25, -0.2) is 19.3 Å². The number of hydrogen-bond acceptors (Lipinski definition) is 9. The van der Waals surface area contributed by atoms with Crippen LogP contribution in [0.25, 0.3) is 11.4 Å². The molecular formula is C21H23FN8O2. The van der Waals surface area contributed by atoms with Gasteiger partial charge in [-0.2, -0.15) is 4.98 Å². The van der Waals surface area contributed by atoms with E-state index in [-0.39, 0.29) is 17.4 Å². The molecule has 0 bridgehead atoms. The molecule has 4 rings (SSSR count). The second-order valence-electron chi connectivity index (χ2n) is 7.28. The van der Waals surface area contributed by atoms with E-state index in [4.69, 9.17) is 10.5 Å². The molecule has 1 fully saturated rings. The maximum absolute atomic E-state index is 13.3. The van der Waals surface area contributed by atoms with E-state index in [9.17, 15) is 9.18 Å². The van der Waals surface area contributed by atoms with Crippen LogP contribution >= 0.6 is 0 Å². The van der Waals surface area contributed by atoms with Gasteiger partial charge < -0.3 is 26.0 Å². The quantitative estimate of drug-likeness (QED) is 0.526. The summed E-state index contributed by atoms with van der Waals surface area (Å²) in [4.78, 5) is 31.1. The number of aromatic nitrogens is 4. The van der Waals surface area contributed by atoms with Gasteiger partial charge in [0.05, 0.1) is 30.8 Å². The fourth-order valence-corrected chi connectivity index (χ4v) is 3.54. The Morgan fingerprint density at radius 3 is 2.75 bits per heavy atom. The molecule has 1 amide bonds. The summed E-state index contributed by atoms with van der Waals surface area (Å²) in [6.07, 6.45) is 3.58. The molecule has 0 radical (unpaired) electrons. The van der Waals surface area contributed by atoms with Crippen molar-refractivity contribution in [2.45, 2.75) is 13.0 Å². The van der Waals surface area contributed by atoms with Crippen molar-refractivity contribution in [3.05, 3.63) is 48.2 Å². The fraction of sp³-hybridized carbons (Fsp3) is 0.286. The number of methoxy groups -OCH3 is 1. The minimum atomic E-state index is -0.663. The summed E-state index contributed by atoms with van der Waals surface area (Å²) >= 11 is 0. The summed E-state index contributed by atoms with van der Waals surface area (Å²) in [6, 6.07) is 5.45. The van der Waals surface area contributed by atoms with Crippen LogP contribution in [0.2, 0.25) is 0 Å². The molecule has 0 spiro atoms. The van der Waals surface area contributed by atoms with Gasteiger partial charge in [-0.1, -0.05) is 6.07 Å². The first-order valence-electron chi connectivity index (χ1n) is 10.0. The van der Waals surface area contributed by atoms with Gasteiger partial charge in [0, 0.05) is 31.9 Å². The molecule has 10 nitrogen and oxygen atoms in total. The molecule has 3 aromatic rings. The van der Waals surface area contributed by atoms with Crippen LogP contribution in [0.15, 0.2) is 36.8 Å². The number of anilines is 3. The minimum absolute atomic E-state index is 0.141. The normalized spacial score (nSPS) is 16.0. The molecule has 1 aliphatic heterocycles. The zero-order valence-corrected chi connectivity index (χ0v) is 17.7. The number of piperazine rings is 1. The number of rotatable bonds is 6. The van der Waals surface area contributed by atoms with E-state index in [1.54, 1.807) is 18.2 Å². The number of hydrogen-bond donors (Lipinski definition) is 3.